The molecule has 3 N–H and O–H groups in total. The predicted molar refractivity (Wildman–Crippen MR) is 159 cm³/mol. The SMILES string of the molecule is CC.CC(C)(C)C.CCCNC=O.C\C=C/C(F)=C(Cl)\C=C\[C@H]1CNC[C@H]1c1cc(F)c(Cl)cc1NC=O. The Labute approximate surface area is 238 Å². The zero-order valence-corrected chi connectivity index (χ0v) is 25.4. The quantitative estimate of drug-likeness (QED) is 0.158. The minimum Gasteiger partial charge on any atom is -0.359 e. The van der Waals surface area contributed by atoms with Crippen LogP contribution in [0.4, 0.5) is 14.5 Å². The molecule has 1 aromatic rings. The number of rotatable bonds is 9. The molecule has 1 heterocycles. The molecule has 9 heteroatoms. The Kier molecular flexibility index (Phi) is 21.6. The monoisotopic (exact) mass is 575 g/mol. The molecule has 0 spiro atoms. The summed E-state index contributed by atoms with van der Waals surface area (Å²) >= 11 is 11.7. The first-order chi connectivity index (χ1) is 17.9. The third-order valence-electron chi connectivity index (χ3n) is 4.48. The number of carbonyl (C=O) groups excluding carboxylic acids is 2. The zero-order chi connectivity index (χ0) is 29.7. The summed E-state index contributed by atoms with van der Waals surface area (Å²) in [6, 6.07) is 2.71. The molecule has 0 aromatic heterocycles. The van der Waals surface area contributed by atoms with E-state index in [0.717, 1.165) is 13.0 Å². The van der Waals surface area contributed by atoms with E-state index in [1.807, 2.05) is 20.8 Å². The summed E-state index contributed by atoms with van der Waals surface area (Å²) in [7, 11) is 0. The lowest BCUT2D eigenvalue weighted by molar-refractivity contribution is -0.109. The van der Waals surface area contributed by atoms with Crippen LogP contribution in [0.2, 0.25) is 5.02 Å². The van der Waals surface area contributed by atoms with Gasteiger partial charge in [-0.25, -0.2) is 8.78 Å². The number of anilines is 1. The van der Waals surface area contributed by atoms with E-state index in [0.29, 0.717) is 42.6 Å². The number of hydrogen-bond donors (Lipinski definition) is 3. The Morgan fingerprint density at radius 2 is 1.74 bits per heavy atom. The van der Waals surface area contributed by atoms with Crippen molar-refractivity contribution in [1.29, 1.82) is 0 Å². The molecule has 1 fully saturated rings. The van der Waals surface area contributed by atoms with Gasteiger partial charge in [0.25, 0.3) is 0 Å². The third-order valence-corrected chi connectivity index (χ3v) is 5.07. The van der Waals surface area contributed by atoms with Crippen LogP contribution in [0, 0.1) is 17.2 Å². The lowest BCUT2D eigenvalue weighted by Gasteiger charge is -2.19. The molecular formula is C29H45Cl2F2N3O2. The predicted octanol–water partition coefficient (Wildman–Crippen LogP) is 8.12. The average Bonchev–Trinajstić information content (AvgIpc) is 3.32. The van der Waals surface area contributed by atoms with Crippen LogP contribution >= 0.6 is 23.2 Å². The number of carbonyl (C=O) groups is 2. The van der Waals surface area contributed by atoms with Crippen molar-refractivity contribution in [2.45, 2.75) is 67.7 Å². The van der Waals surface area contributed by atoms with Gasteiger partial charge in [-0.15, -0.1) is 0 Å². The van der Waals surface area contributed by atoms with E-state index in [-0.39, 0.29) is 21.9 Å². The first kappa shape index (κ1) is 37.9. The van der Waals surface area contributed by atoms with Crippen molar-refractivity contribution in [3.63, 3.8) is 0 Å². The Balaban J connectivity index is 0. The second-order valence-electron chi connectivity index (χ2n) is 9.67. The van der Waals surface area contributed by atoms with Crippen LogP contribution in [0.5, 0.6) is 0 Å². The highest BCUT2D eigenvalue weighted by Gasteiger charge is 2.29. The summed E-state index contributed by atoms with van der Waals surface area (Å²) in [5.41, 5.74) is 1.58. The standard InChI is InChI=1S/C18H18Cl2F2N2O.C5H12.C4H9NO.C2H6/c1-2-3-16(21)14(19)5-4-11-8-23-9-13(11)12-6-17(22)15(20)7-18(12)24-10-25;1-5(2,3)4;1-2-3-5-4-6;1-2/h2-7,10-11,13,23H,8-9H2,1H3,(H,24,25);1-4H3;4H,2-3H2,1H3,(H,5,6);1-2H3/b3-2-,5-4+,16-14-;;;/t11-,13+;;;/m0.../s1. The molecule has 0 bridgehead atoms. The summed E-state index contributed by atoms with van der Waals surface area (Å²) in [5.74, 6) is -1.23. The van der Waals surface area contributed by atoms with Crippen molar-refractivity contribution in [3.8, 4) is 0 Å². The van der Waals surface area contributed by atoms with E-state index in [2.05, 4.69) is 43.6 Å². The number of nitrogens with one attached hydrogen (secondary N) is 3. The number of benzene rings is 1. The minimum absolute atomic E-state index is 0.00252. The van der Waals surface area contributed by atoms with Gasteiger partial charge in [-0.3, -0.25) is 9.59 Å². The van der Waals surface area contributed by atoms with Crippen molar-refractivity contribution >= 4 is 41.7 Å². The molecule has 1 saturated heterocycles. The third kappa shape index (κ3) is 17.3. The summed E-state index contributed by atoms with van der Waals surface area (Å²) < 4.78 is 27.5. The van der Waals surface area contributed by atoms with Crippen LogP contribution in [0.25, 0.3) is 0 Å². The fourth-order valence-electron chi connectivity index (χ4n) is 3.02. The summed E-state index contributed by atoms with van der Waals surface area (Å²) in [4.78, 5) is 20.3. The van der Waals surface area contributed by atoms with Crippen molar-refractivity contribution < 1.29 is 18.4 Å². The Hall–Kier alpha value is -2.22. The van der Waals surface area contributed by atoms with Gasteiger partial charge < -0.3 is 16.0 Å². The van der Waals surface area contributed by atoms with Gasteiger partial charge in [-0.1, -0.05) is 83.8 Å². The van der Waals surface area contributed by atoms with E-state index in [1.165, 1.54) is 24.3 Å². The molecule has 216 valence electrons. The highest BCUT2D eigenvalue weighted by molar-refractivity contribution is 6.31. The van der Waals surface area contributed by atoms with E-state index in [4.69, 9.17) is 23.2 Å². The molecule has 1 aromatic carbocycles. The molecule has 5 nitrogen and oxygen atoms in total. The van der Waals surface area contributed by atoms with Gasteiger partial charge >= 0.3 is 0 Å². The molecular weight excluding hydrogens is 531 g/mol. The van der Waals surface area contributed by atoms with E-state index < -0.39 is 11.6 Å². The maximum Gasteiger partial charge on any atom is 0.211 e. The summed E-state index contributed by atoms with van der Waals surface area (Å²) in [5, 5.41) is 8.22. The molecule has 1 aliphatic heterocycles. The molecule has 2 rings (SSSR count). The maximum absolute atomic E-state index is 13.9. The first-order valence-electron chi connectivity index (χ1n) is 12.8. The fourth-order valence-corrected chi connectivity index (χ4v) is 3.32. The molecule has 2 amide bonds. The minimum atomic E-state index is -0.556. The highest BCUT2D eigenvalue weighted by Crippen LogP contribution is 2.36. The van der Waals surface area contributed by atoms with Gasteiger partial charge in [0.15, 0.2) is 0 Å². The van der Waals surface area contributed by atoms with Gasteiger partial charge in [0.1, 0.15) is 11.6 Å². The molecule has 38 heavy (non-hydrogen) atoms. The Bertz CT molecular complexity index is 908. The topological polar surface area (TPSA) is 70.2 Å². The van der Waals surface area contributed by atoms with Crippen LogP contribution < -0.4 is 16.0 Å². The summed E-state index contributed by atoms with van der Waals surface area (Å²) in [6.45, 7) is 18.5. The van der Waals surface area contributed by atoms with Crippen LogP contribution in [0.3, 0.4) is 0 Å². The van der Waals surface area contributed by atoms with E-state index in [9.17, 15) is 18.4 Å². The molecule has 0 unspecified atom stereocenters. The van der Waals surface area contributed by atoms with Gasteiger partial charge in [-0.05, 0) is 54.5 Å². The Morgan fingerprint density at radius 1 is 1.13 bits per heavy atom. The molecule has 0 aliphatic carbocycles. The number of halogens is 4. The number of hydrogen-bond acceptors (Lipinski definition) is 3. The van der Waals surface area contributed by atoms with Crippen LogP contribution in [-0.4, -0.2) is 32.5 Å². The Morgan fingerprint density at radius 3 is 2.21 bits per heavy atom. The largest absolute Gasteiger partial charge is 0.359 e. The lowest BCUT2D eigenvalue weighted by atomic mass is 9.87. The lowest BCUT2D eigenvalue weighted by Crippen LogP contribution is -2.12. The van der Waals surface area contributed by atoms with Gasteiger partial charge in [0.2, 0.25) is 12.8 Å². The van der Waals surface area contributed by atoms with Crippen molar-refractivity contribution in [2.75, 3.05) is 25.0 Å². The smallest absolute Gasteiger partial charge is 0.211 e. The van der Waals surface area contributed by atoms with E-state index in [1.54, 1.807) is 19.1 Å². The first-order valence-corrected chi connectivity index (χ1v) is 13.6. The fraction of sp³-hybridized carbons (Fsp3) is 0.517. The molecule has 0 saturated carbocycles. The van der Waals surface area contributed by atoms with Crippen LogP contribution in [0.1, 0.15) is 73.3 Å². The van der Waals surface area contributed by atoms with Crippen molar-refractivity contribution in [2.24, 2.45) is 11.3 Å². The molecule has 2 atom stereocenters. The highest BCUT2D eigenvalue weighted by atomic mass is 35.5. The van der Waals surface area contributed by atoms with Gasteiger partial charge in [0, 0.05) is 31.2 Å². The second kappa shape index (κ2) is 21.7. The summed E-state index contributed by atoms with van der Waals surface area (Å²) in [6.07, 6.45) is 8.36. The second-order valence-corrected chi connectivity index (χ2v) is 10.5. The normalized spacial score (nSPS) is 17.3. The average molecular weight is 577 g/mol. The molecule has 0 radical (unpaired) electrons. The maximum atomic E-state index is 13.9. The van der Waals surface area contributed by atoms with Crippen molar-refractivity contribution in [1.82, 2.24) is 10.6 Å². The van der Waals surface area contributed by atoms with Gasteiger partial charge in [0.05, 0.1) is 10.1 Å². The van der Waals surface area contributed by atoms with Crippen LogP contribution in [-0.2, 0) is 9.59 Å². The zero-order valence-electron chi connectivity index (χ0n) is 23.9. The molecule has 1 aliphatic rings. The van der Waals surface area contributed by atoms with Crippen LogP contribution in [0.15, 0.2) is 47.3 Å². The van der Waals surface area contributed by atoms with E-state index >= 15 is 0 Å². The number of allylic oxidation sites excluding steroid dienone is 5. The van der Waals surface area contributed by atoms with Gasteiger partial charge in [-0.2, -0.15) is 0 Å². The number of amides is 2. The van der Waals surface area contributed by atoms with Crippen molar-refractivity contribution in [3.05, 3.63) is 63.7 Å².